The molecule has 4 nitrogen and oxygen atoms in total. The number of nitrogens with one attached hydrogen (secondary N) is 1. The molecule has 1 amide bonds. The molecular weight excluding hydrogens is 258 g/mol. The van der Waals surface area contributed by atoms with Gasteiger partial charge < -0.3 is 11.1 Å². The van der Waals surface area contributed by atoms with E-state index in [2.05, 4.69) is 29.5 Å². The van der Waals surface area contributed by atoms with Gasteiger partial charge in [0.15, 0.2) is 5.13 Å². The number of aromatic nitrogens is 1. The first kappa shape index (κ1) is 14.5. The van der Waals surface area contributed by atoms with Gasteiger partial charge in [-0.3, -0.25) is 4.79 Å². The van der Waals surface area contributed by atoms with Crippen molar-refractivity contribution in [3.63, 3.8) is 0 Å². The van der Waals surface area contributed by atoms with Gasteiger partial charge in [-0.15, -0.1) is 11.3 Å². The third kappa shape index (κ3) is 4.58. The van der Waals surface area contributed by atoms with E-state index in [0.29, 0.717) is 24.8 Å². The summed E-state index contributed by atoms with van der Waals surface area (Å²) in [6.07, 6.45) is 3.96. The first-order chi connectivity index (χ1) is 9.08. The Morgan fingerprint density at radius 1 is 1.58 bits per heavy atom. The smallest absolute Gasteiger partial charge is 0.226 e. The van der Waals surface area contributed by atoms with E-state index in [1.807, 2.05) is 0 Å². The number of hydrogen-bond acceptors (Lipinski definition) is 4. The van der Waals surface area contributed by atoms with E-state index in [-0.39, 0.29) is 11.8 Å². The largest absolute Gasteiger partial charge is 0.330 e. The summed E-state index contributed by atoms with van der Waals surface area (Å²) in [6.45, 7) is 4.88. The lowest BCUT2D eigenvalue weighted by Crippen LogP contribution is -2.23. The first-order valence-corrected chi connectivity index (χ1v) is 7.91. The highest BCUT2D eigenvalue weighted by molar-refractivity contribution is 7.13. The zero-order chi connectivity index (χ0) is 13.8. The molecule has 3 N–H and O–H groups in total. The highest BCUT2D eigenvalue weighted by atomic mass is 32.1. The molecular formula is C14H23N3OS. The summed E-state index contributed by atoms with van der Waals surface area (Å²) >= 11 is 1.52. The van der Waals surface area contributed by atoms with Crippen molar-refractivity contribution < 1.29 is 4.79 Å². The van der Waals surface area contributed by atoms with Crippen LogP contribution in [-0.4, -0.2) is 17.4 Å². The van der Waals surface area contributed by atoms with Gasteiger partial charge in [0.1, 0.15) is 0 Å². The van der Waals surface area contributed by atoms with Crippen molar-refractivity contribution in [2.45, 2.75) is 45.4 Å². The second kappa shape index (κ2) is 6.48. The van der Waals surface area contributed by atoms with Gasteiger partial charge in [0.05, 0.1) is 5.69 Å². The average Bonchev–Trinajstić information content (AvgIpc) is 3.09. The Balaban J connectivity index is 1.81. The lowest BCUT2D eigenvalue weighted by molar-refractivity contribution is -0.117. The molecule has 106 valence electrons. The fourth-order valence-corrected chi connectivity index (χ4v) is 3.08. The third-order valence-corrected chi connectivity index (χ3v) is 4.15. The molecule has 5 heteroatoms. The van der Waals surface area contributed by atoms with Crippen LogP contribution in [0.4, 0.5) is 5.13 Å². The SMILES string of the molecule is CC(C)C[C@H](CN)CC(=O)Nc1nc(C2CC2)cs1. The zero-order valence-corrected chi connectivity index (χ0v) is 12.5. The van der Waals surface area contributed by atoms with Crippen LogP contribution in [0, 0.1) is 11.8 Å². The fraction of sp³-hybridized carbons (Fsp3) is 0.714. The molecule has 1 aromatic heterocycles. The van der Waals surface area contributed by atoms with E-state index in [4.69, 9.17) is 5.73 Å². The van der Waals surface area contributed by atoms with Crippen LogP contribution < -0.4 is 11.1 Å². The van der Waals surface area contributed by atoms with Crippen molar-refractivity contribution in [2.24, 2.45) is 17.6 Å². The van der Waals surface area contributed by atoms with Crippen molar-refractivity contribution in [1.82, 2.24) is 4.98 Å². The second-order valence-corrected chi connectivity index (χ2v) is 6.69. The minimum absolute atomic E-state index is 0.0350. The summed E-state index contributed by atoms with van der Waals surface area (Å²) in [7, 11) is 0. The minimum Gasteiger partial charge on any atom is -0.330 e. The molecule has 1 atom stereocenters. The summed E-state index contributed by atoms with van der Waals surface area (Å²) in [5.74, 6) is 1.51. The molecule has 1 fully saturated rings. The van der Waals surface area contributed by atoms with E-state index in [1.54, 1.807) is 0 Å². The van der Waals surface area contributed by atoms with Crippen LogP contribution >= 0.6 is 11.3 Å². The number of rotatable bonds is 7. The molecule has 1 aliphatic carbocycles. The van der Waals surface area contributed by atoms with Crippen LogP contribution in [0.15, 0.2) is 5.38 Å². The maximum atomic E-state index is 12.0. The Hall–Kier alpha value is -0.940. The molecule has 2 rings (SSSR count). The number of carbonyl (C=O) groups excluding carboxylic acids is 1. The normalized spacial score (nSPS) is 16.6. The summed E-state index contributed by atoms with van der Waals surface area (Å²) in [4.78, 5) is 16.4. The van der Waals surface area contributed by atoms with Gasteiger partial charge in [-0.2, -0.15) is 0 Å². The Labute approximate surface area is 118 Å². The molecule has 1 aromatic rings. The lowest BCUT2D eigenvalue weighted by Gasteiger charge is -2.15. The Kier molecular flexibility index (Phi) is 4.93. The standard InChI is InChI=1S/C14H23N3OS/c1-9(2)5-10(7-15)6-13(18)17-14-16-12(8-19-14)11-3-4-11/h8-11H,3-7,15H2,1-2H3,(H,16,17,18)/t10-/m0/s1. The monoisotopic (exact) mass is 281 g/mol. The molecule has 0 saturated heterocycles. The van der Waals surface area contributed by atoms with Crippen molar-refractivity contribution in [2.75, 3.05) is 11.9 Å². The van der Waals surface area contributed by atoms with Crippen LogP contribution in [0.1, 0.15) is 51.1 Å². The summed E-state index contributed by atoms with van der Waals surface area (Å²) in [6, 6.07) is 0. The van der Waals surface area contributed by atoms with E-state index in [9.17, 15) is 4.79 Å². The molecule has 0 spiro atoms. The lowest BCUT2D eigenvalue weighted by atomic mass is 9.94. The Morgan fingerprint density at radius 2 is 2.32 bits per heavy atom. The van der Waals surface area contributed by atoms with Gasteiger partial charge in [0, 0.05) is 17.7 Å². The molecule has 0 unspecified atom stereocenters. The average molecular weight is 281 g/mol. The van der Waals surface area contributed by atoms with Gasteiger partial charge in [0.25, 0.3) is 0 Å². The van der Waals surface area contributed by atoms with Crippen LogP contribution in [0.25, 0.3) is 0 Å². The molecule has 0 radical (unpaired) electrons. The molecule has 1 saturated carbocycles. The van der Waals surface area contributed by atoms with Gasteiger partial charge in [-0.05, 0) is 37.6 Å². The van der Waals surface area contributed by atoms with Crippen molar-refractivity contribution >= 4 is 22.4 Å². The van der Waals surface area contributed by atoms with E-state index < -0.39 is 0 Å². The van der Waals surface area contributed by atoms with Crippen molar-refractivity contribution in [3.05, 3.63) is 11.1 Å². The number of nitrogens with zero attached hydrogens (tertiary/aromatic N) is 1. The zero-order valence-electron chi connectivity index (χ0n) is 11.7. The fourth-order valence-electron chi connectivity index (χ4n) is 2.27. The van der Waals surface area contributed by atoms with E-state index in [0.717, 1.165) is 17.2 Å². The number of amides is 1. The van der Waals surface area contributed by atoms with E-state index >= 15 is 0 Å². The molecule has 0 aromatic carbocycles. The molecule has 1 heterocycles. The van der Waals surface area contributed by atoms with E-state index in [1.165, 1.54) is 24.2 Å². The van der Waals surface area contributed by atoms with Crippen LogP contribution in [0.3, 0.4) is 0 Å². The van der Waals surface area contributed by atoms with Crippen molar-refractivity contribution in [1.29, 1.82) is 0 Å². The second-order valence-electron chi connectivity index (χ2n) is 5.84. The van der Waals surface area contributed by atoms with Gasteiger partial charge in [0.2, 0.25) is 5.91 Å². The predicted molar refractivity (Wildman–Crippen MR) is 79.3 cm³/mol. The maximum absolute atomic E-state index is 12.0. The molecule has 0 bridgehead atoms. The van der Waals surface area contributed by atoms with Gasteiger partial charge >= 0.3 is 0 Å². The number of hydrogen-bond donors (Lipinski definition) is 2. The van der Waals surface area contributed by atoms with Crippen LogP contribution in [0.5, 0.6) is 0 Å². The highest BCUT2D eigenvalue weighted by Crippen LogP contribution is 2.40. The Bertz CT molecular complexity index is 426. The topological polar surface area (TPSA) is 68.0 Å². The third-order valence-electron chi connectivity index (χ3n) is 3.38. The molecule has 0 aliphatic heterocycles. The Morgan fingerprint density at radius 3 is 2.89 bits per heavy atom. The van der Waals surface area contributed by atoms with Crippen LogP contribution in [0.2, 0.25) is 0 Å². The van der Waals surface area contributed by atoms with Crippen molar-refractivity contribution in [3.8, 4) is 0 Å². The molecule has 19 heavy (non-hydrogen) atoms. The molecule has 1 aliphatic rings. The quantitative estimate of drug-likeness (QED) is 0.807. The van der Waals surface area contributed by atoms with Crippen LogP contribution in [-0.2, 0) is 4.79 Å². The maximum Gasteiger partial charge on any atom is 0.226 e. The number of carbonyl (C=O) groups is 1. The number of nitrogens with two attached hydrogens (primary N) is 1. The number of anilines is 1. The minimum atomic E-state index is 0.0350. The number of thiazole rings is 1. The summed E-state index contributed by atoms with van der Waals surface area (Å²) in [5.41, 5.74) is 6.86. The predicted octanol–water partition coefficient (Wildman–Crippen LogP) is 2.97. The van der Waals surface area contributed by atoms with Gasteiger partial charge in [-0.1, -0.05) is 13.8 Å². The summed E-state index contributed by atoms with van der Waals surface area (Å²) < 4.78 is 0. The highest BCUT2D eigenvalue weighted by Gasteiger charge is 2.26. The summed E-state index contributed by atoms with van der Waals surface area (Å²) in [5, 5.41) is 5.68. The van der Waals surface area contributed by atoms with Gasteiger partial charge in [-0.25, -0.2) is 4.98 Å². The first-order valence-electron chi connectivity index (χ1n) is 7.03.